The van der Waals surface area contributed by atoms with Gasteiger partial charge in [0.15, 0.2) is 0 Å². The van der Waals surface area contributed by atoms with E-state index in [4.69, 9.17) is 10.5 Å². The first-order chi connectivity index (χ1) is 7.54. The van der Waals surface area contributed by atoms with Crippen LogP contribution in [0.5, 0.6) is 0 Å². The average molecular weight is 221 g/mol. The molecule has 1 rings (SSSR count). The number of aryl methyl sites for hydroxylation is 1. The smallest absolute Gasteiger partial charge is 0.306 e. The maximum Gasteiger partial charge on any atom is 0.306 e. The van der Waals surface area contributed by atoms with Gasteiger partial charge in [-0.15, -0.1) is 0 Å². The van der Waals surface area contributed by atoms with Crippen molar-refractivity contribution in [3.63, 3.8) is 0 Å². The van der Waals surface area contributed by atoms with Gasteiger partial charge in [0, 0.05) is 5.69 Å². The van der Waals surface area contributed by atoms with Crippen LogP contribution in [0.2, 0.25) is 0 Å². The van der Waals surface area contributed by atoms with Crippen molar-refractivity contribution in [1.29, 1.82) is 0 Å². The van der Waals surface area contributed by atoms with E-state index in [1.807, 2.05) is 39.0 Å². The van der Waals surface area contributed by atoms with Gasteiger partial charge in [-0.1, -0.05) is 19.1 Å². The van der Waals surface area contributed by atoms with Gasteiger partial charge in [0.2, 0.25) is 0 Å². The number of ether oxygens (including phenoxy) is 1. The third-order valence-electron chi connectivity index (χ3n) is 2.65. The number of esters is 1. The number of carbonyl (C=O) groups is 1. The van der Waals surface area contributed by atoms with Gasteiger partial charge in [0.05, 0.1) is 13.0 Å². The van der Waals surface area contributed by atoms with Crippen LogP contribution in [0, 0.1) is 6.92 Å². The molecule has 0 aliphatic rings. The lowest BCUT2D eigenvalue weighted by Gasteiger charge is -2.12. The van der Waals surface area contributed by atoms with Crippen LogP contribution in [-0.4, -0.2) is 12.6 Å². The van der Waals surface area contributed by atoms with E-state index in [9.17, 15) is 4.79 Å². The van der Waals surface area contributed by atoms with Gasteiger partial charge in [-0.2, -0.15) is 0 Å². The molecule has 1 atom stereocenters. The molecule has 0 spiro atoms. The number of rotatable bonds is 4. The van der Waals surface area contributed by atoms with Crippen molar-refractivity contribution in [2.75, 3.05) is 12.3 Å². The summed E-state index contributed by atoms with van der Waals surface area (Å²) in [6.07, 6.45) is 0.399. The molecule has 0 radical (unpaired) electrons. The maximum absolute atomic E-state index is 11.3. The fraction of sp³-hybridized carbons (Fsp3) is 0.462. The van der Waals surface area contributed by atoms with Crippen LogP contribution in [0.15, 0.2) is 18.2 Å². The average Bonchev–Trinajstić information content (AvgIpc) is 2.22. The quantitative estimate of drug-likeness (QED) is 0.628. The first kappa shape index (κ1) is 12.6. The van der Waals surface area contributed by atoms with E-state index >= 15 is 0 Å². The Morgan fingerprint density at radius 3 is 2.75 bits per heavy atom. The Bertz CT molecular complexity index is 374. The minimum atomic E-state index is -0.158. The van der Waals surface area contributed by atoms with Crippen molar-refractivity contribution >= 4 is 11.7 Å². The van der Waals surface area contributed by atoms with Gasteiger partial charge >= 0.3 is 5.97 Å². The van der Waals surface area contributed by atoms with E-state index in [-0.39, 0.29) is 11.9 Å². The fourth-order valence-electron chi connectivity index (χ4n) is 1.55. The summed E-state index contributed by atoms with van der Waals surface area (Å²) in [5.74, 6) is -0.0175. The van der Waals surface area contributed by atoms with Gasteiger partial charge < -0.3 is 10.5 Å². The third kappa shape index (κ3) is 3.26. The molecule has 16 heavy (non-hydrogen) atoms. The Labute approximate surface area is 96.6 Å². The Morgan fingerprint density at radius 2 is 2.19 bits per heavy atom. The van der Waals surface area contributed by atoms with E-state index in [0.717, 1.165) is 16.8 Å². The fourth-order valence-corrected chi connectivity index (χ4v) is 1.55. The second-order valence-electron chi connectivity index (χ2n) is 4.03. The zero-order chi connectivity index (χ0) is 12.1. The Balaban J connectivity index is 2.69. The molecule has 88 valence electrons. The topological polar surface area (TPSA) is 52.3 Å². The van der Waals surface area contributed by atoms with Crippen LogP contribution in [0.4, 0.5) is 5.69 Å². The molecule has 0 saturated carbocycles. The highest BCUT2D eigenvalue weighted by Gasteiger charge is 2.12. The van der Waals surface area contributed by atoms with Crippen LogP contribution in [0.3, 0.4) is 0 Å². The molecule has 0 bridgehead atoms. The molecule has 0 aliphatic carbocycles. The molecule has 3 heteroatoms. The predicted molar refractivity (Wildman–Crippen MR) is 65.3 cm³/mol. The monoisotopic (exact) mass is 221 g/mol. The van der Waals surface area contributed by atoms with Crippen molar-refractivity contribution in [2.45, 2.75) is 33.1 Å². The number of nitrogens with two attached hydrogens (primary N) is 1. The standard InChI is InChI=1S/C13H19NO2/c1-4-16-13(15)7-10(3)11-6-5-9(2)12(14)8-11/h5-6,8,10H,4,7,14H2,1-3H3. The number of anilines is 1. The summed E-state index contributed by atoms with van der Waals surface area (Å²) in [7, 11) is 0. The Hall–Kier alpha value is -1.51. The van der Waals surface area contributed by atoms with E-state index in [0.29, 0.717) is 13.0 Å². The highest BCUT2D eigenvalue weighted by molar-refractivity contribution is 5.70. The summed E-state index contributed by atoms with van der Waals surface area (Å²) < 4.78 is 4.92. The molecule has 0 heterocycles. The van der Waals surface area contributed by atoms with E-state index in [2.05, 4.69) is 0 Å². The lowest BCUT2D eigenvalue weighted by Crippen LogP contribution is -2.08. The zero-order valence-corrected chi connectivity index (χ0v) is 10.1. The molecule has 0 saturated heterocycles. The minimum Gasteiger partial charge on any atom is -0.466 e. The summed E-state index contributed by atoms with van der Waals surface area (Å²) >= 11 is 0. The molecule has 0 amide bonds. The molecular formula is C13H19NO2. The van der Waals surface area contributed by atoms with Gasteiger partial charge in [0.1, 0.15) is 0 Å². The molecule has 0 aliphatic heterocycles. The lowest BCUT2D eigenvalue weighted by atomic mass is 9.96. The molecule has 1 unspecified atom stereocenters. The maximum atomic E-state index is 11.3. The predicted octanol–water partition coefficient (Wildman–Crippen LogP) is 2.63. The van der Waals surface area contributed by atoms with Gasteiger partial charge in [-0.25, -0.2) is 0 Å². The summed E-state index contributed by atoms with van der Waals surface area (Å²) in [5, 5.41) is 0. The second-order valence-corrected chi connectivity index (χ2v) is 4.03. The SMILES string of the molecule is CCOC(=O)CC(C)c1ccc(C)c(N)c1. The van der Waals surface area contributed by atoms with Crippen LogP contribution in [-0.2, 0) is 9.53 Å². The minimum absolute atomic E-state index is 0.141. The first-order valence-electron chi connectivity index (χ1n) is 5.56. The van der Waals surface area contributed by atoms with Crippen LogP contribution >= 0.6 is 0 Å². The largest absolute Gasteiger partial charge is 0.466 e. The number of carbonyl (C=O) groups excluding carboxylic acids is 1. The molecule has 0 fully saturated rings. The molecule has 0 aromatic heterocycles. The zero-order valence-electron chi connectivity index (χ0n) is 10.1. The number of hydrogen-bond donors (Lipinski definition) is 1. The first-order valence-corrected chi connectivity index (χ1v) is 5.56. The molecule has 1 aromatic rings. The van der Waals surface area contributed by atoms with E-state index in [1.165, 1.54) is 0 Å². The summed E-state index contributed by atoms with van der Waals surface area (Å²) in [6, 6.07) is 5.92. The van der Waals surface area contributed by atoms with Gasteiger partial charge in [0.25, 0.3) is 0 Å². The van der Waals surface area contributed by atoms with Crippen molar-refractivity contribution in [2.24, 2.45) is 0 Å². The molecule has 3 nitrogen and oxygen atoms in total. The van der Waals surface area contributed by atoms with Crippen LogP contribution in [0.25, 0.3) is 0 Å². The number of benzene rings is 1. The normalized spacial score (nSPS) is 12.2. The highest BCUT2D eigenvalue weighted by Crippen LogP contribution is 2.23. The summed E-state index contributed by atoms with van der Waals surface area (Å²) in [6.45, 7) is 6.21. The van der Waals surface area contributed by atoms with Crippen molar-refractivity contribution in [3.8, 4) is 0 Å². The second kappa shape index (κ2) is 5.54. The molecule has 1 aromatic carbocycles. The molecular weight excluding hydrogens is 202 g/mol. The summed E-state index contributed by atoms with van der Waals surface area (Å²) in [5.41, 5.74) is 8.75. The van der Waals surface area contributed by atoms with E-state index < -0.39 is 0 Å². The third-order valence-corrected chi connectivity index (χ3v) is 2.65. The number of hydrogen-bond acceptors (Lipinski definition) is 3. The number of nitrogen functional groups attached to an aromatic ring is 1. The summed E-state index contributed by atoms with van der Waals surface area (Å²) in [4.78, 5) is 11.3. The van der Waals surface area contributed by atoms with Crippen molar-refractivity contribution in [3.05, 3.63) is 29.3 Å². The van der Waals surface area contributed by atoms with Crippen molar-refractivity contribution < 1.29 is 9.53 Å². The molecule has 2 N–H and O–H groups in total. The van der Waals surface area contributed by atoms with Gasteiger partial charge in [-0.3, -0.25) is 4.79 Å². The van der Waals surface area contributed by atoms with Gasteiger partial charge in [-0.05, 0) is 37.0 Å². The van der Waals surface area contributed by atoms with Crippen LogP contribution in [0.1, 0.15) is 37.3 Å². The Morgan fingerprint density at radius 1 is 1.50 bits per heavy atom. The van der Waals surface area contributed by atoms with Crippen molar-refractivity contribution in [1.82, 2.24) is 0 Å². The van der Waals surface area contributed by atoms with E-state index in [1.54, 1.807) is 0 Å². The lowest BCUT2D eigenvalue weighted by molar-refractivity contribution is -0.143. The highest BCUT2D eigenvalue weighted by atomic mass is 16.5. The Kier molecular flexibility index (Phi) is 4.35. The van der Waals surface area contributed by atoms with Crippen LogP contribution < -0.4 is 5.73 Å².